The predicted octanol–water partition coefficient (Wildman–Crippen LogP) is 4.78. The molecule has 4 nitrogen and oxygen atoms in total. The summed E-state index contributed by atoms with van der Waals surface area (Å²) in [5, 5.41) is 2.80. The molecule has 0 saturated carbocycles. The van der Waals surface area contributed by atoms with Gasteiger partial charge in [-0.25, -0.2) is 4.57 Å². The highest BCUT2D eigenvalue weighted by atomic mass is 19.1. The van der Waals surface area contributed by atoms with Crippen LogP contribution in [0.5, 0.6) is 0 Å². The number of fused-ring (bicyclic) bond motifs is 4. The van der Waals surface area contributed by atoms with Crippen molar-refractivity contribution in [1.29, 1.82) is 0 Å². The van der Waals surface area contributed by atoms with Crippen molar-refractivity contribution >= 4 is 33.0 Å². The van der Waals surface area contributed by atoms with Crippen molar-refractivity contribution in [2.24, 2.45) is 7.05 Å². The third kappa shape index (κ3) is 2.24. The lowest BCUT2D eigenvalue weighted by Crippen LogP contribution is -2.32. The molecule has 0 aliphatic rings. The molecule has 0 atom stereocenters. The van der Waals surface area contributed by atoms with Gasteiger partial charge >= 0.3 is 0 Å². The van der Waals surface area contributed by atoms with E-state index in [-0.39, 0.29) is 0 Å². The summed E-state index contributed by atoms with van der Waals surface area (Å²) < 4.78 is 21.7. The Morgan fingerprint density at radius 3 is 2.67 bits per heavy atom. The fraction of sp³-hybridized carbons (Fsp3) is 0.136. The number of nitrogens with zero attached hydrogens (tertiary/aromatic N) is 3. The van der Waals surface area contributed by atoms with Crippen LogP contribution in [0.3, 0.4) is 0 Å². The number of benzene rings is 2. The van der Waals surface area contributed by atoms with Gasteiger partial charge in [0.25, 0.3) is 6.33 Å². The average molecular weight is 358 g/mol. The van der Waals surface area contributed by atoms with Crippen molar-refractivity contribution in [2.75, 3.05) is 0 Å². The molecule has 0 amide bonds. The van der Waals surface area contributed by atoms with Gasteiger partial charge in [-0.3, -0.25) is 0 Å². The fourth-order valence-electron chi connectivity index (χ4n) is 3.78. The Hall–Kier alpha value is -3.34. The number of pyridine rings is 1. The van der Waals surface area contributed by atoms with Crippen molar-refractivity contribution in [3.05, 3.63) is 65.9 Å². The van der Waals surface area contributed by atoms with Gasteiger partial charge in [0.15, 0.2) is 5.52 Å². The molecule has 0 bridgehead atoms. The summed E-state index contributed by atoms with van der Waals surface area (Å²) >= 11 is 0. The zero-order valence-corrected chi connectivity index (χ0v) is 15.2. The topological polar surface area (TPSA) is 42.8 Å². The van der Waals surface area contributed by atoms with Crippen molar-refractivity contribution in [3.63, 3.8) is 0 Å². The van der Waals surface area contributed by atoms with E-state index in [1.807, 2.05) is 36.1 Å². The number of halogens is 1. The zero-order chi connectivity index (χ0) is 18.7. The van der Waals surface area contributed by atoms with Crippen molar-refractivity contribution in [3.8, 4) is 11.3 Å². The molecular formula is C22H17FN3O+. The smallest absolute Gasteiger partial charge is 0.287 e. The van der Waals surface area contributed by atoms with Gasteiger partial charge < -0.3 is 4.42 Å². The molecule has 5 heteroatoms. The molecule has 0 aliphatic carbocycles. The van der Waals surface area contributed by atoms with E-state index in [2.05, 4.69) is 35.9 Å². The molecule has 0 radical (unpaired) electrons. The molecule has 27 heavy (non-hydrogen) atoms. The van der Waals surface area contributed by atoms with Gasteiger partial charge in [-0.15, -0.1) is 0 Å². The van der Waals surface area contributed by atoms with Crippen LogP contribution in [-0.2, 0) is 7.05 Å². The third-order valence-corrected chi connectivity index (χ3v) is 5.23. The van der Waals surface area contributed by atoms with Crippen molar-refractivity contribution < 1.29 is 13.4 Å². The molecule has 3 heterocycles. The summed E-state index contributed by atoms with van der Waals surface area (Å²) in [5.74, 6) is -0.545. The van der Waals surface area contributed by atoms with E-state index in [0.717, 1.165) is 49.6 Å². The van der Waals surface area contributed by atoms with Gasteiger partial charge in [0, 0.05) is 10.8 Å². The summed E-state index contributed by atoms with van der Waals surface area (Å²) in [5.41, 5.74) is 6.23. The highest BCUT2D eigenvalue weighted by Gasteiger charge is 2.23. The second-order valence-corrected chi connectivity index (χ2v) is 6.88. The molecule has 0 spiro atoms. The maximum atomic E-state index is 13.6. The second kappa shape index (κ2) is 5.58. The minimum absolute atomic E-state index is 0.317. The number of para-hydroxylation sites is 1. The van der Waals surface area contributed by atoms with Gasteiger partial charge in [-0.1, -0.05) is 12.1 Å². The van der Waals surface area contributed by atoms with Crippen molar-refractivity contribution in [1.82, 2.24) is 9.97 Å². The lowest BCUT2D eigenvalue weighted by atomic mass is 9.95. The Morgan fingerprint density at radius 1 is 1.00 bits per heavy atom. The van der Waals surface area contributed by atoms with Crippen LogP contribution in [0.15, 0.2) is 53.2 Å². The number of aromatic nitrogens is 3. The summed E-state index contributed by atoms with van der Waals surface area (Å²) in [6, 6.07) is 13.2. The second-order valence-electron chi connectivity index (χ2n) is 6.88. The molecule has 3 aromatic heterocycles. The van der Waals surface area contributed by atoms with E-state index in [1.165, 1.54) is 6.07 Å². The molecule has 0 N–H and O–H groups in total. The summed E-state index contributed by atoms with van der Waals surface area (Å²) in [4.78, 5) is 8.46. The van der Waals surface area contributed by atoms with Gasteiger partial charge in [-0.2, -0.15) is 9.37 Å². The first kappa shape index (κ1) is 15.9. The normalized spacial score (nSPS) is 11.7. The highest BCUT2D eigenvalue weighted by molar-refractivity contribution is 6.11. The van der Waals surface area contributed by atoms with E-state index >= 15 is 0 Å². The monoisotopic (exact) mass is 358 g/mol. The Morgan fingerprint density at radius 2 is 1.81 bits per heavy atom. The Balaban J connectivity index is 2.01. The largest absolute Gasteiger partial charge is 0.437 e. The fourth-order valence-corrected chi connectivity index (χ4v) is 3.78. The van der Waals surface area contributed by atoms with Crippen LogP contribution < -0.4 is 4.57 Å². The van der Waals surface area contributed by atoms with Gasteiger partial charge in [-0.05, 0) is 60.3 Å². The van der Waals surface area contributed by atoms with Gasteiger partial charge in [0.1, 0.15) is 11.3 Å². The molecule has 5 rings (SSSR count). The molecule has 132 valence electrons. The van der Waals surface area contributed by atoms with E-state index < -0.39 is 5.95 Å². The summed E-state index contributed by atoms with van der Waals surface area (Å²) in [6.45, 7) is 4.16. The molecule has 0 fully saturated rings. The zero-order valence-electron chi connectivity index (χ0n) is 15.2. The summed E-state index contributed by atoms with van der Waals surface area (Å²) in [7, 11) is 1.98. The maximum absolute atomic E-state index is 13.6. The summed E-state index contributed by atoms with van der Waals surface area (Å²) in [6.07, 6.45) is 1.81. The Bertz CT molecular complexity index is 1370. The van der Waals surface area contributed by atoms with Crippen molar-refractivity contribution in [2.45, 2.75) is 13.8 Å². The minimum atomic E-state index is -0.545. The first-order valence-corrected chi connectivity index (χ1v) is 8.77. The molecule has 5 aromatic rings. The van der Waals surface area contributed by atoms with Crippen LogP contribution in [0.4, 0.5) is 4.39 Å². The maximum Gasteiger partial charge on any atom is 0.287 e. The Kier molecular flexibility index (Phi) is 3.28. The van der Waals surface area contributed by atoms with Gasteiger partial charge in [0.05, 0.1) is 18.0 Å². The average Bonchev–Trinajstić information content (AvgIpc) is 3.00. The molecule has 0 aliphatic heterocycles. The van der Waals surface area contributed by atoms with Crippen LogP contribution in [0.25, 0.3) is 44.2 Å². The quantitative estimate of drug-likeness (QED) is 0.320. The van der Waals surface area contributed by atoms with Crippen LogP contribution in [0, 0.1) is 19.8 Å². The first-order valence-electron chi connectivity index (χ1n) is 8.77. The minimum Gasteiger partial charge on any atom is -0.437 e. The number of aryl methyl sites for hydroxylation is 2. The van der Waals surface area contributed by atoms with E-state index in [4.69, 9.17) is 4.42 Å². The third-order valence-electron chi connectivity index (χ3n) is 5.23. The highest BCUT2D eigenvalue weighted by Crippen LogP contribution is 2.39. The van der Waals surface area contributed by atoms with Gasteiger partial charge in [0.2, 0.25) is 11.7 Å². The van der Waals surface area contributed by atoms with Crippen LogP contribution in [0.2, 0.25) is 0 Å². The molecule has 0 unspecified atom stereocenters. The Labute approximate surface area is 154 Å². The number of rotatable bonds is 1. The number of hydrogen-bond donors (Lipinski definition) is 0. The number of hydrogen-bond acceptors (Lipinski definition) is 3. The van der Waals surface area contributed by atoms with E-state index in [1.54, 1.807) is 6.07 Å². The van der Waals surface area contributed by atoms with E-state index in [9.17, 15) is 4.39 Å². The first-order chi connectivity index (χ1) is 13.0. The standard InChI is InChI=1S/C22H17FN3O/c1-12-10-16-14-8-9-18(23)25-22(14)27-21(16)19(13(12)2)20-15-6-4-5-7-17(15)24-11-26(20)3/h4-11H,1-3H3/q+1. The van der Waals surface area contributed by atoms with E-state index in [0.29, 0.717) is 5.71 Å². The molecular weight excluding hydrogens is 341 g/mol. The number of furan rings is 1. The SMILES string of the molecule is Cc1cc2c(oc3nc(F)ccc32)c(-c2c3ccccc3nc[n+]2C)c1C. The van der Waals surface area contributed by atoms with Crippen LogP contribution in [0.1, 0.15) is 11.1 Å². The molecule has 2 aromatic carbocycles. The molecule has 0 saturated heterocycles. The lowest BCUT2D eigenvalue weighted by Gasteiger charge is -2.11. The predicted molar refractivity (Wildman–Crippen MR) is 103 cm³/mol. The lowest BCUT2D eigenvalue weighted by molar-refractivity contribution is -0.662. The van der Waals surface area contributed by atoms with Crippen LogP contribution >= 0.6 is 0 Å². The van der Waals surface area contributed by atoms with Crippen LogP contribution in [-0.4, -0.2) is 9.97 Å².